The van der Waals surface area contributed by atoms with Gasteiger partial charge in [0.05, 0.1) is 11.3 Å². The Morgan fingerprint density at radius 3 is 2.29 bits per heavy atom. The van der Waals surface area contributed by atoms with Gasteiger partial charge in [-0.2, -0.15) is 0 Å². The first kappa shape index (κ1) is 21.5. The van der Waals surface area contributed by atoms with E-state index in [0.29, 0.717) is 24.4 Å². The normalized spacial score (nSPS) is 29.8. The molecule has 0 spiro atoms. The number of rotatable bonds is 7. The van der Waals surface area contributed by atoms with Crippen molar-refractivity contribution in [1.82, 2.24) is 10.6 Å². The lowest BCUT2D eigenvalue weighted by atomic mass is 9.53. The molecule has 1 aromatic rings. The molecule has 2 amide bonds. The fourth-order valence-electron chi connectivity index (χ4n) is 5.80. The van der Waals surface area contributed by atoms with E-state index in [-0.39, 0.29) is 29.8 Å². The van der Waals surface area contributed by atoms with Gasteiger partial charge in [-0.1, -0.05) is 12.1 Å². The minimum Gasteiger partial charge on any atom is -0.351 e. The number of carbonyl (C=O) groups is 2. The zero-order valence-corrected chi connectivity index (χ0v) is 17.7. The number of carbonyl (C=O) groups excluding carboxylic acids is 2. The molecular weight excluding hydrogens is 394 g/mol. The van der Waals surface area contributed by atoms with Crippen LogP contribution in [0.4, 0.5) is 0 Å². The first-order valence-electron chi connectivity index (χ1n) is 10.1. The largest absolute Gasteiger partial charge is 0.351 e. The standard InChI is InChI=1S/C21H29N3O2S.ClH/c22-5-6-23-20(26)17-3-1-2-4-18(17)27-13-19(25)24-21-10-14-7-15(11-21)9-16(8-14)12-21;/h1-4,14-16H,5-13,22H2,(H,23,26)(H,24,25);1H. The molecule has 0 radical (unpaired) electrons. The number of nitrogens with two attached hydrogens (primary N) is 1. The third kappa shape index (κ3) is 4.66. The monoisotopic (exact) mass is 423 g/mol. The molecule has 5 nitrogen and oxygen atoms in total. The summed E-state index contributed by atoms with van der Waals surface area (Å²) in [6.45, 7) is 0.860. The van der Waals surface area contributed by atoms with Crippen LogP contribution in [0.3, 0.4) is 0 Å². The van der Waals surface area contributed by atoms with E-state index in [1.54, 1.807) is 6.07 Å². The quantitative estimate of drug-likeness (QED) is 0.588. The van der Waals surface area contributed by atoms with Gasteiger partial charge in [-0.25, -0.2) is 0 Å². The Morgan fingerprint density at radius 2 is 1.68 bits per heavy atom. The molecule has 1 aromatic carbocycles. The second kappa shape index (κ2) is 9.06. The average molecular weight is 424 g/mol. The highest BCUT2D eigenvalue weighted by Crippen LogP contribution is 2.55. The van der Waals surface area contributed by atoms with E-state index in [1.807, 2.05) is 18.2 Å². The fraction of sp³-hybridized carbons (Fsp3) is 0.619. The van der Waals surface area contributed by atoms with Crippen LogP contribution in [0.5, 0.6) is 0 Å². The van der Waals surface area contributed by atoms with Crippen LogP contribution in [0.25, 0.3) is 0 Å². The highest BCUT2D eigenvalue weighted by Gasteiger charge is 2.51. The lowest BCUT2D eigenvalue weighted by Gasteiger charge is -2.56. The van der Waals surface area contributed by atoms with Crippen LogP contribution < -0.4 is 16.4 Å². The Morgan fingerprint density at radius 1 is 1.07 bits per heavy atom. The van der Waals surface area contributed by atoms with E-state index in [4.69, 9.17) is 5.73 Å². The van der Waals surface area contributed by atoms with E-state index in [9.17, 15) is 9.59 Å². The lowest BCUT2D eigenvalue weighted by molar-refractivity contribution is -0.124. The zero-order chi connectivity index (χ0) is 18.9. The van der Waals surface area contributed by atoms with Gasteiger partial charge in [0, 0.05) is 23.5 Å². The van der Waals surface area contributed by atoms with E-state index in [0.717, 1.165) is 41.9 Å². The summed E-state index contributed by atoms with van der Waals surface area (Å²) in [5, 5.41) is 6.20. The van der Waals surface area contributed by atoms with Crippen LogP contribution in [0, 0.1) is 17.8 Å². The van der Waals surface area contributed by atoms with Gasteiger partial charge >= 0.3 is 0 Å². The van der Waals surface area contributed by atoms with Gasteiger partial charge in [-0.3, -0.25) is 9.59 Å². The topological polar surface area (TPSA) is 84.2 Å². The highest BCUT2D eigenvalue weighted by molar-refractivity contribution is 8.00. The summed E-state index contributed by atoms with van der Waals surface area (Å²) in [6.07, 6.45) is 7.59. The van der Waals surface area contributed by atoms with Crippen LogP contribution >= 0.6 is 24.2 Å². The number of thioether (sulfide) groups is 1. The van der Waals surface area contributed by atoms with Crippen LogP contribution in [0.1, 0.15) is 48.9 Å². The van der Waals surface area contributed by atoms with E-state index >= 15 is 0 Å². The van der Waals surface area contributed by atoms with Gasteiger partial charge in [0.2, 0.25) is 5.91 Å². The number of benzene rings is 1. The molecule has 4 fully saturated rings. The highest BCUT2D eigenvalue weighted by atomic mass is 35.5. The average Bonchev–Trinajstić information content (AvgIpc) is 2.63. The summed E-state index contributed by atoms with van der Waals surface area (Å²) >= 11 is 1.44. The summed E-state index contributed by atoms with van der Waals surface area (Å²) in [4.78, 5) is 25.8. The van der Waals surface area contributed by atoms with Crippen molar-refractivity contribution in [3.63, 3.8) is 0 Å². The van der Waals surface area contributed by atoms with E-state index in [1.165, 1.54) is 31.0 Å². The van der Waals surface area contributed by atoms with E-state index < -0.39 is 0 Å². The lowest BCUT2D eigenvalue weighted by Crippen LogP contribution is -2.60. The molecule has 4 saturated carbocycles. The van der Waals surface area contributed by atoms with Crippen LogP contribution in [0.15, 0.2) is 29.2 Å². The van der Waals surface area contributed by atoms with Gasteiger partial charge in [-0.15, -0.1) is 24.2 Å². The minimum absolute atomic E-state index is 0. The minimum atomic E-state index is -0.134. The van der Waals surface area contributed by atoms with Gasteiger partial charge in [0.25, 0.3) is 5.91 Å². The maximum Gasteiger partial charge on any atom is 0.252 e. The Balaban J connectivity index is 0.00000225. The predicted molar refractivity (Wildman–Crippen MR) is 115 cm³/mol. The molecule has 4 aliphatic rings. The molecule has 0 saturated heterocycles. The number of halogens is 1. The first-order valence-corrected chi connectivity index (χ1v) is 11.1. The Hall–Kier alpha value is -1.24. The molecule has 0 aliphatic heterocycles. The zero-order valence-electron chi connectivity index (χ0n) is 16.1. The van der Waals surface area contributed by atoms with Crippen molar-refractivity contribution in [1.29, 1.82) is 0 Å². The van der Waals surface area contributed by atoms with Gasteiger partial charge < -0.3 is 16.4 Å². The first-order chi connectivity index (χ1) is 13.1. The molecule has 4 aliphatic carbocycles. The van der Waals surface area contributed by atoms with Crippen molar-refractivity contribution in [2.45, 2.75) is 49.0 Å². The molecule has 5 rings (SSSR count). The third-order valence-corrected chi connectivity index (χ3v) is 7.44. The molecule has 28 heavy (non-hydrogen) atoms. The molecular formula is C21H30ClN3O2S. The van der Waals surface area contributed by atoms with Crippen molar-refractivity contribution in [2.24, 2.45) is 23.5 Å². The van der Waals surface area contributed by atoms with Gasteiger partial charge in [0.15, 0.2) is 0 Å². The van der Waals surface area contributed by atoms with Crippen LogP contribution in [-0.2, 0) is 4.79 Å². The number of nitrogens with one attached hydrogen (secondary N) is 2. The molecule has 4 bridgehead atoms. The molecule has 7 heteroatoms. The second-order valence-electron chi connectivity index (χ2n) is 8.58. The maximum atomic E-state index is 12.7. The predicted octanol–water partition coefficient (Wildman–Crippen LogP) is 2.97. The van der Waals surface area contributed by atoms with Crippen molar-refractivity contribution in [3.8, 4) is 0 Å². The van der Waals surface area contributed by atoms with E-state index in [2.05, 4.69) is 10.6 Å². The summed E-state index contributed by atoms with van der Waals surface area (Å²) in [5.41, 5.74) is 6.12. The van der Waals surface area contributed by atoms with Crippen molar-refractivity contribution in [3.05, 3.63) is 29.8 Å². The van der Waals surface area contributed by atoms with Crippen LogP contribution in [-0.4, -0.2) is 36.2 Å². The van der Waals surface area contributed by atoms with Crippen molar-refractivity contribution >= 4 is 36.0 Å². The fourth-order valence-corrected chi connectivity index (χ4v) is 6.65. The van der Waals surface area contributed by atoms with Crippen LogP contribution in [0.2, 0.25) is 0 Å². The van der Waals surface area contributed by atoms with Crippen molar-refractivity contribution in [2.75, 3.05) is 18.8 Å². The molecule has 0 unspecified atom stereocenters. The smallest absolute Gasteiger partial charge is 0.252 e. The van der Waals surface area contributed by atoms with Gasteiger partial charge in [0.1, 0.15) is 0 Å². The Kier molecular flexibility index (Phi) is 6.94. The SMILES string of the molecule is Cl.NCCNC(=O)c1ccccc1SCC(=O)NC12CC3CC(CC(C3)C1)C2. The molecule has 0 atom stereocenters. The summed E-state index contributed by atoms with van der Waals surface area (Å²) in [6, 6.07) is 7.45. The Labute approximate surface area is 177 Å². The summed E-state index contributed by atoms with van der Waals surface area (Å²) in [5.74, 6) is 2.76. The molecule has 154 valence electrons. The summed E-state index contributed by atoms with van der Waals surface area (Å²) in [7, 11) is 0. The number of hydrogen-bond donors (Lipinski definition) is 3. The molecule has 0 aromatic heterocycles. The summed E-state index contributed by atoms with van der Waals surface area (Å²) < 4.78 is 0. The maximum absolute atomic E-state index is 12.7. The van der Waals surface area contributed by atoms with Gasteiger partial charge in [-0.05, 0) is 68.4 Å². The number of hydrogen-bond acceptors (Lipinski definition) is 4. The molecule has 4 N–H and O–H groups in total. The number of amides is 2. The second-order valence-corrected chi connectivity index (χ2v) is 9.59. The Bertz CT molecular complexity index is 692. The molecule has 0 heterocycles. The third-order valence-electron chi connectivity index (χ3n) is 6.36. The van der Waals surface area contributed by atoms with Crippen molar-refractivity contribution < 1.29 is 9.59 Å².